The zero-order chi connectivity index (χ0) is 11.4. The normalized spacial score (nSPS) is 12.4. The van der Waals surface area contributed by atoms with E-state index >= 15 is 0 Å². The van der Waals surface area contributed by atoms with Gasteiger partial charge in [0.2, 0.25) is 0 Å². The number of amides is 1. The van der Waals surface area contributed by atoms with Crippen LogP contribution in [0.25, 0.3) is 0 Å². The maximum absolute atomic E-state index is 11.7. The van der Waals surface area contributed by atoms with Gasteiger partial charge >= 0.3 is 12.3 Å². The van der Waals surface area contributed by atoms with Crippen LogP contribution < -0.4 is 5.32 Å². The third-order valence-corrected chi connectivity index (χ3v) is 1.08. The highest BCUT2D eigenvalue weighted by molar-refractivity contribution is 5.67. The number of halogens is 3. The number of ether oxygens (including phenoxy) is 1. The first-order chi connectivity index (χ1) is 6.10. The average molecular weight is 213 g/mol. The molecule has 0 radical (unpaired) electrons. The van der Waals surface area contributed by atoms with Crippen LogP contribution in [0.15, 0.2) is 0 Å². The Morgan fingerprint density at radius 3 is 2.14 bits per heavy atom. The predicted octanol–water partition coefficient (Wildman–Crippen LogP) is 2.46. The van der Waals surface area contributed by atoms with E-state index in [9.17, 15) is 18.0 Å². The molecule has 0 heterocycles. The van der Waals surface area contributed by atoms with E-state index in [1.807, 2.05) is 5.32 Å². The third-order valence-electron chi connectivity index (χ3n) is 1.08. The van der Waals surface area contributed by atoms with Crippen LogP contribution in [0.4, 0.5) is 18.0 Å². The molecule has 6 heteroatoms. The van der Waals surface area contributed by atoms with E-state index in [0.717, 1.165) is 0 Å². The fourth-order valence-corrected chi connectivity index (χ4v) is 0.620. The number of alkyl carbamates (subject to hydrolysis) is 1. The van der Waals surface area contributed by atoms with E-state index in [4.69, 9.17) is 4.74 Å². The van der Waals surface area contributed by atoms with Crippen LogP contribution in [0, 0.1) is 0 Å². The van der Waals surface area contributed by atoms with Gasteiger partial charge in [0, 0.05) is 6.54 Å². The molecule has 1 N–H and O–H groups in total. The van der Waals surface area contributed by atoms with E-state index in [0.29, 0.717) is 0 Å². The Kier molecular flexibility index (Phi) is 4.22. The Balaban J connectivity index is 3.66. The van der Waals surface area contributed by atoms with Crippen molar-refractivity contribution in [1.29, 1.82) is 0 Å². The number of hydrogen-bond acceptors (Lipinski definition) is 2. The van der Waals surface area contributed by atoms with Gasteiger partial charge in [-0.15, -0.1) is 0 Å². The van der Waals surface area contributed by atoms with Crippen molar-refractivity contribution in [1.82, 2.24) is 5.32 Å². The van der Waals surface area contributed by atoms with E-state index in [1.54, 1.807) is 20.8 Å². The summed E-state index contributed by atoms with van der Waals surface area (Å²) in [6.45, 7) is 4.45. The molecule has 0 atom stereocenters. The zero-order valence-corrected chi connectivity index (χ0v) is 8.36. The Morgan fingerprint density at radius 2 is 1.79 bits per heavy atom. The molecule has 84 valence electrons. The highest BCUT2D eigenvalue weighted by Crippen LogP contribution is 2.18. The van der Waals surface area contributed by atoms with Gasteiger partial charge in [-0.05, 0) is 20.8 Å². The first kappa shape index (κ1) is 13.1. The van der Waals surface area contributed by atoms with Crippen LogP contribution in [0.2, 0.25) is 0 Å². The fourth-order valence-electron chi connectivity index (χ4n) is 0.620. The van der Waals surface area contributed by atoms with Crippen molar-refractivity contribution in [2.75, 3.05) is 6.54 Å². The Labute approximate surface area is 80.6 Å². The number of alkyl halides is 3. The molecule has 1 amide bonds. The van der Waals surface area contributed by atoms with Crippen molar-refractivity contribution in [3.63, 3.8) is 0 Å². The summed E-state index contributed by atoms with van der Waals surface area (Å²) in [4.78, 5) is 10.8. The van der Waals surface area contributed by atoms with Crippen molar-refractivity contribution < 1.29 is 22.7 Å². The van der Waals surface area contributed by atoms with Gasteiger partial charge in [0.1, 0.15) is 5.60 Å². The van der Waals surface area contributed by atoms with Crippen LogP contribution >= 0.6 is 0 Å². The van der Waals surface area contributed by atoms with Crippen LogP contribution in [0.5, 0.6) is 0 Å². The van der Waals surface area contributed by atoms with Crippen LogP contribution in [0.1, 0.15) is 27.2 Å². The molecule has 0 spiro atoms. The van der Waals surface area contributed by atoms with E-state index in [2.05, 4.69) is 0 Å². The number of nitrogens with one attached hydrogen (secondary N) is 1. The lowest BCUT2D eigenvalue weighted by atomic mass is 10.2. The van der Waals surface area contributed by atoms with Gasteiger partial charge in [-0.2, -0.15) is 13.2 Å². The molecule has 0 saturated heterocycles. The predicted molar refractivity (Wildman–Crippen MR) is 44.9 cm³/mol. The van der Waals surface area contributed by atoms with E-state index < -0.39 is 30.8 Å². The lowest BCUT2D eigenvalue weighted by Crippen LogP contribution is -2.34. The lowest BCUT2D eigenvalue weighted by Gasteiger charge is -2.19. The Hall–Kier alpha value is -0.940. The highest BCUT2D eigenvalue weighted by Gasteiger charge is 2.27. The van der Waals surface area contributed by atoms with Gasteiger partial charge in [-0.3, -0.25) is 0 Å². The molecular formula is C8H14F3NO2. The number of rotatable bonds is 2. The third kappa shape index (κ3) is 9.15. The Bertz CT molecular complexity index is 196. The summed E-state index contributed by atoms with van der Waals surface area (Å²) in [5, 5.41) is 2.01. The fraction of sp³-hybridized carbons (Fsp3) is 0.875. The molecular weight excluding hydrogens is 199 g/mol. The number of carbonyl (C=O) groups is 1. The standard InChI is InChI=1S/C8H14F3NO2/c1-7(2,3)14-6(13)12-5-4-8(9,10)11/h4-5H2,1-3H3,(H,12,13). The van der Waals surface area contributed by atoms with Crippen molar-refractivity contribution >= 4 is 6.09 Å². The van der Waals surface area contributed by atoms with Gasteiger partial charge in [-0.25, -0.2) is 4.79 Å². The summed E-state index contributed by atoms with van der Waals surface area (Å²) in [5.74, 6) is 0. The molecule has 0 aliphatic heterocycles. The first-order valence-corrected chi connectivity index (χ1v) is 4.14. The minimum Gasteiger partial charge on any atom is -0.444 e. The second kappa shape index (κ2) is 4.52. The number of hydrogen-bond donors (Lipinski definition) is 1. The van der Waals surface area contributed by atoms with Crippen molar-refractivity contribution in [2.45, 2.75) is 39.0 Å². The molecule has 0 rings (SSSR count). The summed E-state index contributed by atoms with van der Waals surface area (Å²) in [6.07, 6.45) is -6.14. The quantitative estimate of drug-likeness (QED) is 0.765. The maximum atomic E-state index is 11.7. The lowest BCUT2D eigenvalue weighted by molar-refractivity contribution is -0.133. The number of carbonyl (C=O) groups excluding carboxylic acids is 1. The molecule has 0 saturated carbocycles. The summed E-state index contributed by atoms with van der Waals surface area (Å²) < 4.78 is 39.7. The van der Waals surface area contributed by atoms with Gasteiger partial charge < -0.3 is 10.1 Å². The van der Waals surface area contributed by atoms with Crippen molar-refractivity contribution in [3.05, 3.63) is 0 Å². The Morgan fingerprint density at radius 1 is 1.29 bits per heavy atom. The van der Waals surface area contributed by atoms with Crippen LogP contribution in [-0.4, -0.2) is 24.4 Å². The molecule has 0 aromatic carbocycles. The first-order valence-electron chi connectivity index (χ1n) is 4.14. The van der Waals surface area contributed by atoms with Gasteiger partial charge in [0.05, 0.1) is 6.42 Å². The second-order valence-corrected chi connectivity index (χ2v) is 3.79. The molecule has 0 aromatic rings. The minimum absolute atomic E-state index is 0.460. The van der Waals surface area contributed by atoms with E-state index in [-0.39, 0.29) is 0 Å². The van der Waals surface area contributed by atoms with Crippen LogP contribution in [-0.2, 0) is 4.74 Å². The summed E-state index contributed by atoms with van der Waals surface area (Å²) >= 11 is 0. The molecule has 0 aliphatic carbocycles. The SMILES string of the molecule is CC(C)(C)OC(=O)NCCC(F)(F)F. The van der Waals surface area contributed by atoms with Gasteiger partial charge in [-0.1, -0.05) is 0 Å². The molecule has 0 fully saturated rings. The zero-order valence-electron chi connectivity index (χ0n) is 8.36. The molecule has 0 unspecified atom stereocenters. The van der Waals surface area contributed by atoms with Gasteiger partial charge in [0.15, 0.2) is 0 Å². The van der Waals surface area contributed by atoms with Crippen molar-refractivity contribution in [2.24, 2.45) is 0 Å². The molecule has 0 bridgehead atoms. The largest absolute Gasteiger partial charge is 0.444 e. The second-order valence-electron chi connectivity index (χ2n) is 3.79. The molecule has 3 nitrogen and oxygen atoms in total. The van der Waals surface area contributed by atoms with Crippen molar-refractivity contribution in [3.8, 4) is 0 Å². The highest BCUT2D eigenvalue weighted by atomic mass is 19.4. The minimum atomic E-state index is -4.25. The molecule has 0 aliphatic rings. The molecule has 14 heavy (non-hydrogen) atoms. The van der Waals surface area contributed by atoms with Gasteiger partial charge in [0.25, 0.3) is 0 Å². The van der Waals surface area contributed by atoms with Crippen LogP contribution in [0.3, 0.4) is 0 Å². The summed E-state index contributed by atoms with van der Waals surface area (Å²) in [5.41, 5.74) is -0.692. The monoisotopic (exact) mass is 213 g/mol. The summed E-state index contributed by atoms with van der Waals surface area (Å²) in [7, 11) is 0. The average Bonchev–Trinajstić information content (AvgIpc) is 1.78. The smallest absolute Gasteiger partial charge is 0.407 e. The maximum Gasteiger partial charge on any atom is 0.407 e. The van der Waals surface area contributed by atoms with E-state index in [1.165, 1.54) is 0 Å². The molecule has 0 aromatic heterocycles. The topological polar surface area (TPSA) is 38.3 Å². The summed E-state index contributed by atoms with van der Waals surface area (Å²) in [6, 6.07) is 0.